The third-order valence-electron chi connectivity index (χ3n) is 8.03. The molecule has 0 aromatic carbocycles. The molecule has 2 saturated heterocycles. The molecule has 9 nitrogen and oxygen atoms in total. The SMILES string of the molecule is CC(=Cc1coc(CN)n1)C1CC2OC2(C)CCCC(C)C(O)C(C)C(=O)C(C)(C)C(O)CC(=O)O1. The van der Waals surface area contributed by atoms with Crippen molar-refractivity contribution in [1.82, 2.24) is 4.98 Å². The number of oxazole rings is 1. The fraction of sp³-hybridized carbons (Fsp3) is 0.741. The number of aliphatic hydroxyl groups excluding tert-OH is 2. The topological polar surface area (TPSA) is 148 Å². The highest BCUT2D eigenvalue weighted by Crippen LogP contribution is 2.45. The van der Waals surface area contributed by atoms with Gasteiger partial charge >= 0.3 is 5.97 Å². The summed E-state index contributed by atoms with van der Waals surface area (Å²) in [6, 6.07) is 0. The number of esters is 1. The Morgan fingerprint density at radius 1 is 1.25 bits per heavy atom. The Morgan fingerprint density at radius 3 is 2.58 bits per heavy atom. The molecule has 0 aliphatic carbocycles. The molecule has 0 amide bonds. The quantitative estimate of drug-likeness (QED) is 0.415. The van der Waals surface area contributed by atoms with Gasteiger partial charge in [0.15, 0.2) is 0 Å². The Hall–Kier alpha value is -2.07. The van der Waals surface area contributed by atoms with Crippen LogP contribution in [0.3, 0.4) is 0 Å². The van der Waals surface area contributed by atoms with Crippen molar-refractivity contribution < 1.29 is 33.7 Å². The number of aliphatic hydroxyl groups is 2. The highest BCUT2D eigenvalue weighted by atomic mass is 16.6. The van der Waals surface area contributed by atoms with Crippen LogP contribution in [0.1, 0.15) is 85.2 Å². The van der Waals surface area contributed by atoms with E-state index in [1.165, 1.54) is 6.26 Å². The minimum Gasteiger partial charge on any atom is -0.458 e. The number of nitrogens with two attached hydrogens (primary N) is 1. The number of carbonyl (C=O) groups excluding carboxylic acids is 2. The molecule has 2 aliphatic heterocycles. The summed E-state index contributed by atoms with van der Waals surface area (Å²) in [5.74, 6) is -1.24. The van der Waals surface area contributed by atoms with Gasteiger partial charge in [0.05, 0.1) is 42.3 Å². The Bertz CT molecular complexity index is 971. The monoisotopic (exact) mass is 506 g/mol. The van der Waals surface area contributed by atoms with Crippen LogP contribution in [0.5, 0.6) is 0 Å². The van der Waals surface area contributed by atoms with Gasteiger partial charge in [-0.05, 0) is 44.3 Å². The summed E-state index contributed by atoms with van der Waals surface area (Å²) in [6.07, 6.45) is 3.00. The van der Waals surface area contributed by atoms with Gasteiger partial charge in [0.25, 0.3) is 0 Å². The lowest BCUT2D eigenvalue weighted by molar-refractivity contribution is -0.154. The molecule has 3 heterocycles. The van der Waals surface area contributed by atoms with Crippen LogP contribution in [0.4, 0.5) is 0 Å². The number of fused-ring (bicyclic) bond motifs is 1. The predicted octanol–water partition coefficient (Wildman–Crippen LogP) is 3.16. The molecule has 202 valence electrons. The summed E-state index contributed by atoms with van der Waals surface area (Å²) < 4.78 is 17.2. The van der Waals surface area contributed by atoms with Gasteiger partial charge in [0.1, 0.15) is 23.8 Å². The third kappa shape index (κ3) is 6.43. The molecule has 9 heteroatoms. The van der Waals surface area contributed by atoms with Crippen molar-refractivity contribution in [3.05, 3.63) is 23.4 Å². The predicted molar refractivity (Wildman–Crippen MR) is 133 cm³/mol. The Labute approximate surface area is 213 Å². The molecule has 36 heavy (non-hydrogen) atoms. The molecule has 0 bridgehead atoms. The highest BCUT2D eigenvalue weighted by molar-refractivity contribution is 5.88. The Kier molecular flexibility index (Phi) is 8.81. The summed E-state index contributed by atoms with van der Waals surface area (Å²) in [4.78, 5) is 30.4. The number of ether oxygens (including phenoxy) is 2. The second-order valence-electron chi connectivity index (χ2n) is 11.3. The van der Waals surface area contributed by atoms with E-state index < -0.39 is 35.6 Å². The fourth-order valence-corrected chi connectivity index (χ4v) is 5.11. The van der Waals surface area contributed by atoms with Gasteiger partial charge in [0.2, 0.25) is 5.89 Å². The molecule has 4 N–H and O–H groups in total. The number of cyclic esters (lactones) is 1. The number of nitrogens with zero attached hydrogens (tertiary/aromatic N) is 1. The minimum absolute atomic E-state index is 0.0886. The maximum atomic E-state index is 13.2. The van der Waals surface area contributed by atoms with Gasteiger partial charge in [-0.25, -0.2) is 4.98 Å². The van der Waals surface area contributed by atoms with Crippen LogP contribution in [0, 0.1) is 17.3 Å². The first-order valence-corrected chi connectivity index (χ1v) is 12.9. The Balaban J connectivity index is 1.85. The number of hydrogen-bond acceptors (Lipinski definition) is 9. The van der Waals surface area contributed by atoms with E-state index in [1.54, 1.807) is 26.8 Å². The van der Waals surface area contributed by atoms with E-state index in [9.17, 15) is 19.8 Å². The maximum Gasteiger partial charge on any atom is 0.309 e. The highest BCUT2D eigenvalue weighted by Gasteiger charge is 2.53. The van der Waals surface area contributed by atoms with Crippen LogP contribution in [0.2, 0.25) is 0 Å². The number of carbonyl (C=O) groups is 2. The summed E-state index contributed by atoms with van der Waals surface area (Å²) in [6.45, 7) is 10.9. The zero-order valence-electron chi connectivity index (χ0n) is 22.3. The lowest BCUT2D eigenvalue weighted by Gasteiger charge is -2.34. The van der Waals surface area contributed by atoms with Gasteiger partial charge in [-0.1, -0.05) is 34.1 Å². The van der Waals surface area contributed by atoms with Crippen molar-refractivity contribution in [3.63, 3.8) is 0 Å². The fourth-order valence-electron chi connectivity index (χ4n) is 5.11. The van der Waals surface area contributed by atoms with E-state index >= 15 is 0 Å². The summed E-state index contributed by atoms with van der Waals surface area (Å²) in [5, 5.41) is 21.7. The summed E-state index contributed by atoms with van der Waals surface area (Å²) in [5.41, 5.74) is 5.35. The molecule has 2 aliphatic rings. The van der Waals surface area contributed by atoms with Gasteiger partial charge in [-0.15, -0.1) is 0 Å². The van der Waals surface area contributed by atoms with E-state index in [4.69, 9.17) is 19.6 Å². The van der Waals surface area contributed by atoms with E-state index in [2.05, 4.69) is 4.98 Å². The second-order valence-corrected chi connectivity index (χ2v) is 11.3. The molecule has 1 aromatic heterocycles. The number of epoxide rings is 1. The Morgan fingerprint density at radius 2 is 1.94 bits per heavy atom. The first-order valence-electron chi connectivity index (χ1n) is 12.9. The standard InChI is InChI=1S/C27H42N2O7/c1-15-8-7-9-27(6)21(36-27)11-19(16(2)10-18-14-34-22(13-28)29-18)35-23(31)12-20(30)26(4,5)25(33)17(3)24(15)32/h10,14-15,17,19-21,24,30,32H,7-9,11-13,28H2,1-6H3. The van der Waals surface area contributed by atoms with Gasteiger partial charge in [-0.3, -0.25) is 9.59 Å². The second kappa shape index (κ2) is 11.1. The lowest BCUT2D eigenvalue weighted by atomic mass is 9.73. The lowest BCUT2D eigenvalue weighted by Crippen LogP contribution is -2.45. The molecule has 0 spiro atoms. The average molecular weight is 507 g/mol. The molecule has 7 unspecified atom stereocenters. The zero-order chi connectivity index (χ0) is 26.8. The van der Waals surface area contributed by atoms with Crippen molar-refractivity contribution in [2.24, 2.45) is 23.0 Å². The van der Waals surface area contributed by atoms with E-state index in [1.807, 2.05) is 20.8 Å². The largest absolute Gasteiger partial charge is 0.458 e. The van der Waals surface area contributed by atoms with Crippen LogP contribution in [-0.4, -0.2) is 57.0 Å². The van der Waals surface area contributed by atoms with Crippen molar-refractivity contribution in [2.75, 3.05) is 0 Å². The van der Waals surface area contributed by atoms with E-state index in [0.717, 1.165) is 24.8 Å². The maximum absolute atomic E-state index is 13.2. The van der Waals surface area contributed by atoms with Crippen molar-refractivity contribution >= 4 is 17.8 Å². The molecule has 1 aromatic rings. The number of hydrogen-bond donors (Lipinski definition) is 3. The van der Waals surface area contributed by atoms with Gasteiger partial charge in [-0.2, -0.15) is 0 Å². The van der Waals surface area contributed by atoms with Crippen LogP contribution >= 0.6 is 0 Å². The first-order chi connectivity index (χ1) is 16.8. The molecule has 0 saturated carbocycles. The summed E-state index contributed by atoms with van der Waals surface area (Å²) in [7, 11) is 0. The number of aromatic nitrogens is 1. The van der Waals surface area contributed by atoms with Crippen molar-refractivity contribution in [1.29, 1.82) is 0 Å². The molecule has 7 atom stereocenters. The van der Waals surface area contributed by atoms with Crippen LogP contribution < -0.4 is 5.73 Å². The summed E-state index contributed by atoms with van der Waals surface area (Å²) >= 11 is 0. The smallest absolute Gasteiger partial charge is 0.309 e. The molecule has 3 rings (SSSR count). The number of Topliss-reactive ketones (excluding diaryl/α,β-unsaturated/α-hetero) is 1. The zero-order valence-corrected chi connectivity index (χ0v) is 22.3. The normalized spacial score (nSPS) is 36.8. The number of rotatable bonds is 3. The van der Waals surface area contributed by atoms with Crippen LogP contribution in [0.25, 0.3) is 6.08 Å². The van der Waals surface area contributed by atoms with Crippen molar-refractivity contribution in [3.8, 4) is 0 Å². The molecule has 2 fully saturated rings. The number of ketones is 1. The van der Waals surface area contributed by atoms with Crippen LogP contribution in [-0.2, 0) is 25.6 Å². The third-order valence-corrected chi connectivity index (χ3v) is 8.03. The van der Waals surface area contributed by atoms with Gasteiger partial charge in [0, 0.05) is 12.3 Å². The van der Waals surface area contributed by atoms with Gasteiger partial charge < -0.3 is 29.8 Å². The van der Waals surface area contributed by atoms with E-state index in [0.29, 0.717) is 18.0 Å². The van der Waals surface area contributed by atoms with Crippen LogP contribution in [0.15, 0.2) is 16.3 Å². The van der Waals surface area contributed by atoms with Crippen molar-refractivity contribution in [2.45, 2.75) is 110 Å². The van der Waals surface area contributed by atoms with E-state index in [-0.39, 0.29) is 36.4 Å². The molecule has 0 radical (unpaired) electrons. The molecular weight excluding hydrogens is 464 g/mol. The average Bonchev–Trinajstić information content (AvgIpc) is 3.23. The molecular formula is C27H42N2O7. The first kappa shape index (κ1) is 28.5. The minimum atomic E-state index is -1.26.